The molecule has 7 nitrogen and oxygen atoms in total. The first-order valence-corrected chi connectivity index (χ1v) is 12.1. The Kier molecular flexibility index (Phi) is 6.49. The number of benzene rings is 3. The van der Waals surface area contributed by atoms with Crippen LogP contribution in [0.3, 0.4) is 0 Å². The first-order chi connectivity index (χ1) is 15.8. The third-order valence-corrected chi connectivity index (χ3v) is 7.56. The molecule has 0 unspecified atom stereocenters. The molecule has 172 valence electrons. The molecule has 1 N–H and O–H groups in total. The molecule has 0 fully saturated rings. The summed E-state index contributed by atoms with van der Waals surface area (Å²) >= 11 is 5.91. The molecule has 1 aliphatic heterocycles. The van der Waals surface area contributed by atoms with Crippen LogP contribution >= 0.6 is 11.6 Å². The fourth-order valence-corrected chi connectivity index (χ4v) is 5.45. The van der Waals surface area contributed by atoms with Crippen LogP contribution in [-0.4, -0.2) is 35.1 Å². The monoisotopic (exact) mass is 486 g/mol. The molecule has 0 saturated heterocycles. The standard InChI is InChI=1S/C24H23ClN2O5S/c1-31-19-8-11-21(23(15-19)32-2)26-24(28)17-5-12-22-16(14-17)4-3-13-27(22)33(29,30)20-9-6-18(25)7-10-20/h5-12,14-15H,3-4,13H2,1-2H3,(H,26,28). The summed E-state index contributed by atoms with van der Waals surface area (Å²) in [5, 5.41) is 3.31. The van der Waals surface area contributed by atoms with Gasteiger partial charge in [-0.2, -0.15) is 0 Å². The number of ether oxygens (including phenoxy) is 2. The highest BCUT2D eigenvalue weighted by Gasteiger charge is 2.29. The second-order valence-electron chi connectivity index (χ2n) is 7.50. The molecule has 1 heterocycles. The number of carbonyl (C=O) groups excluding carboxylic acids is 1. The Hall–Kier alpha value is -3.23. The van der Waals surface area contributed by atoms with Gasteiger partial charge in [0.05, 0.1) is 30.5 Å². The molecule has 1 aliphatic rings. The molecular formula is C24H23ClN2O5S. The maximum absolute atomic E-state index is 13.2. The third kappa shape index (κ3) is 4.62. The highest BCUT2D eigenvalue weighted by atomic mass is 35.5. The number of amides is 1. The average Bonchev–Trinajstić information content (AvgIpc) is 2.83. The summed E-state index contributed by atoms with van der Waals surface area (Å²) in [6.07, 6.45) is 1.33. The van der Waals surface area contributed by atoms with Gasteiger partial charge < -0.3 is 14.8 Å². The van der Waals surface area contributed by atoms with Crippen LogP contribution < -0.4 is 19.1 Å². The van der Waals surface area contributed by atoms with Gasteiger partial charge in [0.25, 0.3) is 15.9 Å². The lowest BCUT2D eigenvalue weighted by Crippen LogP contribution is -2.35. The van der Waals surface area contributed by atoms with E-state index < -0.39 is 10.0 Å². The maximum atomic E-state index is 13.2. The normalized spacial score (nSPS) is 13.2. The van der Waals surface area contributed by atoms with E-state index in [4.69, 9.17) is 21.1 Å². The summed E-state index contributed by atoms with van der Waals surface area (Å²) in [5.41, 5.74) is 2.31. The Morgan fingerprint density at radius 3 is 2.45 bits per heavy atom. The van der Waals surface area contributed by atoms with Crippen molar-refractivity contribution in [3.05, 3.63) is 76.8 Å². The zero-order chi connectivity index (χ0) is 23.6. The third-order valence-electron chi connectivity index (χ3n) is 5.48. The number of sulfonamides is 1. The lowest BCUT2D eigenvalue weighted by molar-refractivity contribution is 0.102. The Labute approximate surface area is 197 Å². The quantitative estimate of drug-likeness (QED) is 0.543. The minimum absolute atomic E-state index is 0.174. The number of halogens is 1. The van der Waals surface area contributed by atoms with E-state index >= 15 is 0 Å². The predicted octanol–water partition coefficient (Wildman–Crippen LogP) is 4.75. The van der Waals surface area contributed by atoms with Crippen molar-refractivity contribution >= 4 is 38.9 Å². The van der Waals surface area contributed by atoms with Gasteiger partial charge in [0.15, 0.2) is 0 Å². The molecule has 0 radical (unpaired) electrons. The van der Waals surface area contributed by atoms with Crippen LogP contribution in [0.15, 0.2) is 65.6 Å². The van der Waals surface area contributed by atoms with Gasteiger partial charge in [-0.05, 0) is 73.0 Å². The first kappa shape index (κ1) is 22.9. The van der Waals surface area contributed by atoms with Crippen LogP contribution in [0.4, 0.5) is 11.4 Å². The van der Waals surface area contributed by atoms with Crippen molar-refractivity contribution in [3.63, 3.8) is 0 Å². The highest BCUT2D eigenvalue weighted by Crippen LogP contribution is 2.34. The van der Waals surface area contributed by atoms with Gasteiger partial charge in [0, 0.05) is 23.2 Å². The zero-order valence-electron chi connectivity index (χ0n) is 18.2. The van der Waals surface area contributed by atoms with Gasteiger partial charge in [0.2, 0.25) is 0 Å². The largest absolute Gasteiger partial charge is 0.497 e. The van der Waals surface area contributed by atoms with Crippen LogP contribution in [-0.2, 0) is 16.4 Å². The molecule has 1 amide bonds. The molecule has 9 heteroatoms. The second kappa shape index (κ2) is 9.33. The molecule has 0 spiro atoms. The van der Waals surface area contributed by atoms with Gasteiger partial charge in [0.1, 0.15) is 11.5 Å². The van der Waals surface area contributed by atoms with Crippen molar-refractivity contribution in [2.75, 3.05) is 30.4 Å². The highest BCUT2D eigenvalue weighted by molar-refractivity contribution is 7.92. The minimum Gasteiger partial charge on any atom is -0.497 e. The minimum atomic E-state index is -3.74. The molecule has 0 aromatic heterocycles. The molecule has 3 aromatic rings. The zero-order valence-corrected chi connectivity index (χ0v) is 19.7. The number of rotatable bonds is 6. The van der Waals surface area contributed by atoms with E-state index in [2.05, 4.69) is 5.32 Å². The summed E-state index contributed by atoms with van der Waals surface area (Å²) in [7, 11) is -0.679. The van der Waals surface area contributed by atoms with Crippen LogP contribution in [0.2, 0.25) is 5.02 Å². The second-order valence-corrected chi connectivity index (χ2v) is 9.80. The SMILES string of the molecule is COc1ccc(NC(=O)c2ccc3c(c2)CCCN3S(=O)(=O)c2ccc(Cl)cc2)c(OC)c1. The molecule has 0 bridgehead atoms. The van der Waals surface area contributed by atoms with Crippen molar-refractivity contribution in [1.29, 1.82) is 0 Å². The summed E-state index contributed by atoms with van der Waals surface area (Å²) in [6, 6.07) is 16.3. The van der Waals surface area contributed by atoms with Crippen LogP contribution in [0.1, 0.15) is 22.3 Å². The number of methoxy groups -OCH3 is 2. The number of fused-ring (bicyclic) bond motifs is 1. The fourth-order valence-electron chi connectivity index (χ4n) is 3.78. The molecule has 0 saturated carbocycles. The van der Waals surface area contributed by atoms with Gasteiger partial charge in [-0.25, -0.2) is 8.42 Å². The number of aryl methyl sites for hydroxylation is 1. The Morgan fingerprint density at radius 1 is 1.00 bits per heavy atom. The predicted molar refractivity (Wildman–Crippen MR) is 128 cm³/mol. The van der Waals surface area contributed by atoms with E-state index in [1.807, 2.05) is 0 Å². The Morgan fingerprint density at radius 2 is 1.76 bits per heavy atom. The van der Waals surface area contributed by atoms with E-state index in [0.29, 0.717) is 52.8 Å². The van der Waals surface area contributed by atoms with Crippen molar-refractivity contribution in [2.24, 2.45) is 0 Å². The summed E-state index contributed by atoms with van der Waals surface area (Å²) in [6.45, 7) is 0.368. The molecule has 0 aliphatic carbocycles. The number of anilines is 2. The van der Waals surface area contributed by atoms with E-state index in [1.165, 1.54) is 23.5 Å². The van der Waals surface area contributed by atoms with E-state index in [0.717, 1.165) is 5.56 Å². The smallest absolute Gasteiger partial charge is 0.264 e. The van der Waals surface area contributed by atoms with Crippen molar-refractivity contribution < 1.29 is 22.7 Å². The lowest BCUT2D eigenvalue weighted by Gasteiger charge is -2.30. The number of carbonyl (C=O) groups is 1. The first-order valence-electron chi connectivity index (χ1n) is 10.3. The van der Waals surface area contributed by atoms with Crippen LogP contribution in [0.5, 0.6) is 11.5 Å². The van der Waals surface area contributed by atoms with E-state index in [1.54, 1.807) is 55.6 Å². The van der Waals surface area contributed by atoms with Gasteiger partial charge in [-0.1, -0.05) is 11.6 Å². The van der Waals surface area contributed by atoms with Gasteiger partial charge in [-0.15, -0.1) is 0 Å². The summed E-state index contributed by atoms with van der Waals surface area (Å²) < 4.78 is 38.4. The fraction of sp³-hybridized carbons (Fsp3) is 0.208. The van der Waals surface area contributed by atoms with Crippen molar-refractivity contribution in [2.45, 2.75) is 17.7 Å². The number of nitrogens with zero attached hydrogens (tertiary/aromatic N) is 1. The number of hydrogen-bond donors (Lipinski definition) is 1. The molecule has 3 aromatic carbocycles. The van der Waals surface area contributed by atoms with Gasteiger partial charge >= 0.3 is 0 Å². The van der Waals surface area contributed by atoms with Crippen molar-refractivity contribution in [3.8, 4) is 11.5 Å². The maximum Gasteiger partial charge on any atom is 0.264 e. The Bertz CT molecular complexity index is 1290. The summed E-state index contributed by atoms with van der Waals surface area (Å²) in [4.78, 5) is 13.1. The average molecular weight is 487 g/mol. The number of nitrogens with one attached hydrogen (secondary N) is 1. The van der Waals surface area contributed by atoms with Gasteiger partial charge in [-0.3, -0.25) is 9.10 Å². The Balaban J connectivity index is 1.61. The number of hydrogen-bond acceptors (Lipinski definition) is 5. The van der Waals surface area contributed by atoms with E-state index in [9.17, 15) is 13.2 Å². The van der Waals surface area contributed by atoms with Crippen molar-refractivity contribution in [1.82, 2.24) is 0 Å². The van der Waals surface area contributed by atoms with Crippen LogP contribution in [0, 0.1) is 0 Å². The molecule has 0 atom stereocenters. The summed E-state index contributed by atoms with van der Waals surface area (Å²) in [5.74, 6) is 0.764. The van der Waals surface area contributed by atoms with E-state index in [-0.39, 0.29) is 10.8 Å². The topological polar surface area (TPSA) is 84.9 Å². The molecular weight excluding hydrogens is 464 g/mol. The van der Waals surface area contributed by atoms with Crippen LogP contribution in [0.25, 0.3) is 0 Å². The lowest BCUT2D eigenvalue weighted by atomic mass is 10.0. The molecule has 4 rings (SSSR count). The molecule has 33 heavy (non-hydrogen) atoms.